The van der Waals surface area contributed by atoms with E-state index < -0.39 is 5.83 Å². The zero-order valence-corrected chi connectivity index (χ0v) is 18.1. The molecule has 2 aromatic rings. The van der Waals surface area contributed by atoms with Gasteiger partial charge in [0, 0.05) is 54.0 Å². The van der Waals surface area contributed by atoms with Gasteiger partial charge in [-0.2, -0.15) is 4.37 Å². The summed E-state index contributed by atoms with van der Waals surface area (Å²) in [6, 6.07) is 2.66. The number of benzene rings is 1. The number of aromatic nitrogens is 1. The van der Waals surface area contributed by atoms with Crippen molar-refractivity contribution in [2.75, 3.05) is 38.1 Å². The summed E-state index contributed by atoms with van der Waals surface area (Å²) >= 11 is 20.1. The van der Waals surface area contributed by atoms with Crippen molar-refractivity contribution in [2.45, 2.75) is 6.42 Å². The van der Waals surface area contributed by atoms with Gasteiger partial charge in [-0.15, -0.1) is 0 Å². The fourth-order valence-corrected chi connectivity index (χ4v) is 5.07. The average molecular weight is 461 g/mol. The Labute approximate surface area is 181 Å². The van der Waals surface area contributed by atoms with E-state index in [9.17, 15) is 5.11 Å². The second kappa shape index (κ2) is 7.84. The molecule has 0 bridgehead atoms. The Hall–Kier alpha value is -1.31. The highest BCUT2D eigenvalue weighted by Gasteiger charge is 2.29. The van der Waals surface area contributed by atoms with Crippen LogP contribution in [0.25, 0.3) is 11.4 Å². The minimum atomic E-state index is -0.561. The Bertz CT molecular complexity index is 997. The van der Waals surface area contributed by atoms with Crippen LogP contribution in [0.3, 0.4) is 0 Å². The van der Waals surface area contributed by atoms with Crippen LogP contribution in [0.5, 0.6) is 5.75 Å². The molecule has 4 rings (SSSR count). The van der Waals surface area contributed by atoms with Gasteiger partial charge in [-0.3, -0.25) is 0 Å². The lowest BCUT2D eigenvalue weighted by Crippen LogP contribution is -2.44. The quantitative estimate of drug-likeness (QED) is 0.649. The van der Waals surface area contributed by atoms with Crippen LogP contribution in [0.2, 0.25) is 10.0 Å². The second-order valence-electron chi connectivity index (χ2n) is 6.84. The van der Waals surface area contributed by atoms with Crippen LogP contribution in [-0.4, -0.2) is 47.6 Å². The standard InChI is InChI=1S/C19H17Cl3FN3OS/c1-25-4-6-26(7-5-25)19-11-2-3-13(20)15(17(23)18(11)24-28-19)12-8-10(27)9-14(21)16(12)22/h3,8-9,27H,2,4-7H2,1H3. The van der Waals surface area contributed by atoms with Gasteiger partial charge in [0.25, 0.3) is 0 Å². The molecular weight excluding hydrogens is 444 g/mol. The molecule has 1 N–H and O–H groups in total. The van der Waals surface area contributed by atoms with Gasteiger partial charge in [-0.05, 0) is 31.1 Å². The number of phenols is 1. The van der Waals surface area contributed by atoms with Crippen molar-refractivity contribution < 1.29 is 9.50 Å². The fraction of sp³-hybridized carbons (Fsp3) is 0.316. The molecule has 28 heavy (non-hydrogen) atoms. The van der Waals surface area contributed by atoms with Gasteiger partial charge in [-0.25, -0.2) is 4.39 Å². The minimum Gasteiger partial charge on any atom is -0.508 e. The maximum atomic E-state index is 15.6. The number of rotatable bonds is 2. The molecule has 9 heteroatoms. The Morgan fingerprint density at radius 1 is 1.14 bits per heavy atom. The molecule has 1 aromatic carbocycles. The monoisotopic (exact) mass is 459 g/mol. The number of halogens is 4. The summed E-state index contributed by atoms with van der Waals surface area (Å²) in [5, 5.41) is 11.4. The van der Waals surface area contributed by atoms with E-state index >= 15 is 4.39 Å². The van der Waals surface area contributed by atoms with E-state index in [0.717, 1.165) is 36.7 Å². The Morgan fingerprint density at radius 2 is 1.86 bits per heavy atom. The molecule has 0 amide bonds. The number of hydrogen-bond acceptors (Lipinski definition) is 5. The lowest BCUT2D eigenvalue weighted by atomic mass is 10.0. The van der Waals surface area contributed by atoms with Gasteiger partial charge < -0.3 is 14.9 Å². The summed E-state index contributed by atoms with van der Waals surface area (Å²) in [6.07, 6.45) is 2.22. The van der Waals surface area contributed by atoms with E-state index in [1.807, 2.05) is 0 Å². The molecule has 1 aliphatic heterocycles. The first-order valence-corrected chi connectivity index (χ1v) is 10.6. The van der Waals surface area contributed by atoms with E-state index in [1.165, 1.54) is 23.7 Å². The normalized spacial score (nSPS) is 18.2. The van der Waals surface area contributed by atoms with Crippen molar-refractivity contribution in [2.24, 2.45) is 0 Å². The summed E-state index contributed by atoms with van der Waals surface area (Å²) in [5.41, 5.74) is 1.43. The first-order valence-electron chi connectivity index (χ1n) is 8.73. The molecular formula is C19H17Cl3FN3OS. The van der Waals surface area contributed by atoms with Crippen molar-refractivity contribution in [3.63, 3.8) is 0 Å². The molecule has 0 unspecified atom stereocenters. The van der Waals surface area contributed by atoms with E-state index in [1.54, 1.807) is 6.08 Å². The van der Waals surface area contributed by atoms with Crippen LogP contribution < -0.4 is 4.90 Å². The molecule has 1 saturated heterocycles. The van der Waals surface area contributed by atoms with Crippen molar-refractivity contribution in [3.05, 3.63) is 50.1 Å². The molecule has 1 aromatic heterocycles. The molecule has 4 nitrogen and oxygen atoms in total. The molecule has 2 heterocycles. The fourth-order valence-electron chi connectivity index (χ4n) is 3.44. The first kappa shape index (κ1) is 20.0. The zero-order valence-electron chi connectivity index (χ0n) is 15.0. The summed E-state index contributed by atoms with van der Waals surface area (Å²) in [6.45, 7) is 3.64. The number of hydrogen-bond donors (Lipinski definition) is 1. The predicted molar refractivity (Wildman–Crippen MR) is 116 cm³/mol. The van der Waals surface area contributed by atoms with Gasteiger partial charge in [0.2, 0.25) is 0 Å². The maximum Gasteiger partial charge on any atom is 0.159 e. The number of fused-ring (bicyclic) bond motifs is 1. The third-order valence-corrected chi connectivity index (χ3v) is 7.09. The highest BCUT2D eigenvalue weighted by molar-refractivity contribution is 7.10. The number of anilines is 1. The molecule has 0 spiro atoms. The predicted octanol–water partition coefficient (Wildman–Crippen LogP) is 5.42. The van der Waals surface area contributed by atoms with Gasteiger partial charge in [0.05, 0.1) is 10.0 Å². The van der Waals surface area contributed by atoms with Crippen LogP contribution >= 0.6 is 46.3 Å². The molecule has 1 fully saturated rings. The van der Waals surface area contributed by atoms with Crippen molar-refractivity contribution in [1.29, 1.82) is 0 Å². The molecule has 0 saturated carbocycles. The Balaban J connectivity index is 1.83. The van der Waals surface area contributed by atoms with Crippen LogP contribution in [0.1, 0.15) is 16.8 Å². The molecule has 0 atom stereocenters. The molecule has 2 aliphatic rings. The highest BCUT2D eigenvalue weighted by atomic mass is 35.5. The number of nitrogens with zero attached hydrogens (tertiary/aromatic N) is 3. The van der Waals surface area contributed by atoms with Gasteiger partial charge in [-0.1, -0.05) is 40.9 Å². The number of piperazine rings is 1. The van der Waals surface area contributed by atoms with Gasteiger partial charge in [0.15, 0.2) is 5.83 Å². The maximum absolute atomic E-state index is 15.6. The Morgan fingerprint density at radius 3 is 2.57 bits per heavy atom. The number of likely N-dealkylation sites (N-methyl/N-ethyl adjacent to an activating group) is 1. The van der Waals surface area contributed by atoms with Crippen molar-refractivity contribution in [1.82, 2.24) is 9.27 Å². The lowest BCUT2D eigenvalue weighted by Gasteiger charge is -2.33. The zero-order chi connectivity index (χ0) is 20.0. The number of allylic oxidation sites excluding steroid dienone is 3. The summed E-state index contributed by atoms with van der Waals surface area (Å²) in [4.78, 5) is 4.51. The highest BCUT2D eigenvalue weighted by Crippen LogP contribution is 2.46. The van der Waals surface area contributed by atoms with Crippen LogP contribution in [0.4, 0.5) is 9.39 Å². The topological polar surface area (TPSA) is 39.6 Å². The van der Waals surface area contributed by atoms with E-state index in [4.69, 9.17) is 34.8 Å². The smallest absolute Gasteiger partial charge is 0.159 e. The van der Waals surface area contributed by atoms with Crippen molar-refractivity contribution >= 4 is 62.7 Å². The van der Waals surface area contributed by atoms with Crippen LogP contribution in [-0.2, 0) is 6.42 Å². The lowest BCUT2D eigenvalue weighted by molar-refractivity contribution is 0.313. The Kier molecular flexibility index (Phi) is 5.60. The number of aromatic hydroxyl groups is 1. The summed E-state index contributed by atoms with van der Waals surface area (Å²) in [7, 11) is 2.09. The largest absolute Gasteiger partial charge is 0.508 e. The van der Waals surface area contributed by atoms with E-state index in [-0.39, 0.29) is 37.7 Å². The summed E-state index contributed by atoms with van der Waals surface area (Å²) < 4.78 is 20.0. The molecule has 0 radical (unpaired) electrons. The minimum absolute atomic E-state index is 0.0958. The average Bonchev–Trinajstić information content (AvgIpc) is 3.03. The van der Waals surface area contributed by atoms with Gasteiger partial charge in [0.1, 0.15) is 16.4 Å². The van der Waals surface area contributed by atoms with E-state index in [0.29, 0.717) is 6.42 Å². The second-order valence-corrected chi connectivity index (χ2v) is 8.78. The van der Waals surface area contributed by atoms with E-state index in [2.05, 4.69) is 21.2 Å². The van der Waals surface area contributed by atoms with Crippen molar-refractivity contribution in [3.8, 4) is 5.75 Å². The van der Waals surface area contributed by atoms with Crippen LogP contribution in [0, 0.1) is 0 Å². The SMILES string of the molecule is CN1CCN(c2snc3c2CC=C(Cl)C(c2cc(O)cc(Cl)c2Cl)=C3F)CC1. The molecule has 148 valence electrons. The third kappa shape index (κ3) is 3.53. The third-order valence-electron chi connectivity index (χ3n) is 4.99. The molecule has 1 aliphatic carbocycles. The van der Waals surface area contributed by atoms with Crippen LogP contribution in [0.15, 0.2) is 23.2 Å². The first-order chi connectivity index (χ1) is 13.4. The number of phenolic OH excluding ortho intramolecular Hbond substituents is 1. The van der Waals surface area contributed by atoms with Gasteiger partial charge >= 0.3 is 0 Å². The summed E-state index contributed by atoms with van der Waals surface area (Å²) in [5.74, 6) is -0.677.